The highest BCUT2D eigenvalue weighted by atomic mass is 16.4. The van der Waals surface area contributed by atoms with Crippen molar-refractivity contribution < 1.29 is 9.90 Å². The molecule has 0 spiro atoms. The molecule has 0 amide bonds. The van der Waals surface area contributed by atoms with Crippen LogP contribution in [-0.4, -0.2) is 11.1 Å². The summed E-state index contributed by atoms with van der Waals surface area (Å²) in [6.45, 7) is 6.78. The zero-order chi connectivity index (χ0) is 17.4. The maximum atomic E-state index is 10.3. The van der Waals surface area contributed by atoms with Gasteiger partial charge >= 0.3 is 5.97 Å². The van der Waals surface area contributed by atoms with E-state index in [-0.39, 0.29) is 6.42 Å². The summed E-state index contributed by atoms with van der Waals surface area (Å²) < 4.78 is 0. The zero-order valence-electron chi connectivity index (χ0n) is 15.1. The van der Waals surface area contributed by atoms with Crippen molar-refractivity contribution in [1.29, 1.82) is 0 Å². The fourth-order valence-electron chi connectivity index (χ4n) is 1.91. The third-order valence-corrected chi connectivity index (χ3v) is 3.19. The molecule has 0 saturated carbocycles. The van der Waals surface area contributed by atoms with Crippen LogP contribution < -0.4 is 0 Å². The molecular weight excluding hydrogens is 284 g/mol. The van der Waals surface area contributed by atoms with Gasteiger partial charge in [0.15, 0.2) is 0 Å². The van der Waals surface area contributed by atoms with Gasteiger partial charge in [0.2, 0.25) is 0 Å². The number of hydrogen-bond donors (Lipinski definition) is 1. The Bertz CT molecular complexity index is 406. The molecule has 0 aromatic heterocycles. The van der Waals surface area contributed by atoms with Crippen LogP contribution in [0, 0.1) is 5.41 Å². The van der Waals surface area contributed by atoms with Crippen molar-refractivity contribution in [2.24, 2.45) is 5.41 Å². The predicted molar refractivity (Wildman–Crippen MR) is 101 cm³/mol. The molecule has 1 N–H and O–H groups in total. The van der Waals surface area contributed by atoms with Crippen LogP contribution in [0.25, 0.3) is 0 Å². The Morgan fingerprint density at radius 1 is 0.696 bits per heavy atom. The molecular formula is C21H34O2. The van der Waals surface area contributed by atoms with Crippen LogP contribution in [0.4, 0.5) is 0 Å². The van der Waals surface area contributed by atoms with Crippen molar-refractivity contribution in [3.8, 4) is 0 Å². The lowest BCUT2D eigenvalue weighted by molar-refractivity contribution is -0.136. The fourth-order valence-corrected chi connectivity index (χ4v) is 1.91. The summed E-state index contributed by atoms with van der Waals surface area (Å²) in [4.78, 5) is 10.3. The van der Waals surface area contributed by atoms with Crippen molar-refractivity contribution in [1.82, 2.24) is 0 Å². The fraction of sp³-hybridized carbons (Fsp3) is 0.571. The van der Waals surface area contributed by atoms with E-state index in [2.05, 4.69) is 57.2 Å². The molecule has 0 saturated heterocycles. The van der Waals surface area contributed by atoms with E-state index in [0.717, 1.165) is 44.9 Å². The Labute approximate surface area is 142 Å². The van der Waals surface area contributed by atoms with Gasteiger partial charge in [-0.1, -0.05) is 69.4 Å². The molecule has 0 fully saturated rings. The molecule has 23 heavy (non-hydrogen) atoms. The minimum Gasteiger partial charge on any atom is -0.481 e. The van der Waals surface area contributed by atoms with Crippen molar-refractivity contribution >= 4 is 5.97 Å². The van der Waals surface area contributed by atoms with E-state index in [0.29, 0.717) is 5.41 Å². The van der Waals surface area contributed by atoms with Crippen LogP contribution in [-0.2, 0) is 4.79 Å². The third kappa shape index (κ3) is 20.4. The second kappa shape index (κ2) is 14.0. The predicted octanol–water partition coefficient (Wildman–Crippen LogP) is 6.46. The molecule has 0 heterocycles. The molecule has 0 aliphatic heterocycles. The van der Waals surface area contributed by atoms with Gasteiger partial charge in [0.25, 0.3) is 0 Å². The lowest BCUT2D eigenvalue weighted by Gasteiger charge is -2.14. The van der Waals surface area contributed by atoms with Gasteiger partial charge in [0.05, 0.1) is 6.42 Å². The molecule has 2 nitrogen and oxygen atoms in total. The van der Waals surface area contributed by atoms with E-state index in [1.54, 1.807) is 6.08 Å². The number of unbranched alkanes of at least 4 members (excludes halogenated alkanes) is 3. The monoisotopic (exact) mass is 318 g/mol. The molecule has 0 aliphatic rings. The summed E-state index contributed by atoms with van der Waals surface area (Å²) in [6.07, 6.45) is 24.7. The van der Waals surface area contributed by atoms with E-state index in [9.17, 15) is 4.79 Å². The van der Waals surface area contributed by atoms with Crippen molar-refractivity contribution in [2.75, 3.05) is 0 Å². The Kier molecular flexibility index (Phi) is 13.1. The first-order chi connectivity index (χ1) is 10.9. The zero-order valence-corrected chi connectivity index (χ0v) is 15.1. The van der Waals surface area contributed by atoms with Crippen molar-refractivity contribution in [3.63, 3.8) is 0 Å². The second-order valence-electron chi connectivity index (χ2n) is 6.98. The average Bonchev–Trinajstić information content (AvgIpc) is 2.45. The molecule has 130 valence electrons. The molecule has 0 bridgehead atoms. The summed E-state index contributed by atoms with van der Waals surface area (Å²) in [5.74, 6) is -0.770. The highest BCUT2D eigenvalue weighted by Gasteiger charge is 2.05. The second-order valence-corrected chi connectivity index (χ2v) is 6.98. The highest BCUT2D eigenvalue weighted by molar-refractivity contribution is 5.68. The highest BCUT2D eigenvalue weighted by Crippen LogP contribution is 2.18. The lowest BCUT2D eigenvalue weighted by atomic mass is 9.92. The molecule has 0 aromatic carbocycles. The first kappa shape index (κ1) is 21.4. The first-order valence-electron chi connectivity index (χ1n) is 8.73. The maximum absolute atomic E-state index is 10.3. The van der Waals surface area contributed by atoms with E-state index in [1.807, 2.05) is 6.08 Å². The van der Waals surface area contributed by atoms with Gasteiger partial charge in [0, 0.05) is 0 Å². The average molecular weight is 319 g/mol. The summed E-state index contributed by atoms with van der Waals surface area (Å²) >= 11 is 0. The Balaban J connectivity index is 3.45. The Morgan fingerprint density at radius 2 is 1.04 bits per heavy atom. The number of rotatable bonds is 12. The minimum absolute atomic E-state index is 0.125. The Morgan fingerprint density at radius 3 is 1.39 bits per heavy atom. The molecule has 0 rings (SSSR count). The van der Waals surface area contributed by atoms with E-state index < -0.39 is 5.97 Å². The minimum atomic E-state index is -0.770. The largest absolute Gasteiger partial charge is 0.481 e. The standard InChI is InChI=1S/C21H34O2/c1-21(2,3)19-17-15-13-11-9-7-5-4-6-8-10-12-14-16-18-20(22)23/h6-9,14-17H,4-5,10-13,18-19H2,1-3H3,(H,22,23)/b8-6-,9-7-,16-14-,17-15-. The summed E-state index contributed by atoms with van der Waals surface area (Å²) in [5, 5.41) is 8.47. The molecule has 0 radical (unpaired) electrons. The quantitative estimate of drug-likeness (QED) is 0.331. The lowest BCUT2D eigenvalue weighted by Crippen LogP contribution is -2.01. The number of carboxylic acid groups (broad SMARTS) is 1. The summed E-state index contributed by atoms with van der Waals surface area (Å²) in [5.41, 5.74) is 0.394. The number of carboxylic acids is 1. The maximum Gasteiger partial charge on any atom is 0.307 e. The van der Waals surface area contributed by atoms with Crippen LogP contribution in [0.1, 0.15) is 72.1 Å². The molecule has 0 aliphatic carbocycles. The SMILES string of the molecule is CC(C)(C)C/C=C\CC/C=C\CC/C=C\CC/C=C\CC(=O)O. The van der Waals surface area contributed by atoms with Gasteiger partial charge < -0.3 is 5.11 Å². The van der Waals surface area contributed by atoms with Gasteiger partial charge in [-0.05, 0) is 50.4 Å². The molecule has 0 unspecified atom stereocenters. The number of hydrogen-bond acceptors (Lipinski definition) is 1. The summed E-state index contributed by atoms with van der Waals surface area (Å²) in [7, 11) is 0. The van der Waals surface area contributed by atoms with Gasteiger partial charge in [-0.3, -0.25) is 4.79 Å². The topological polar surface area (TPSA) is 37.3 Å². The van der Waals surface area contributed by atoms with Crippen LogP contribution in [0.2, 0.25) is 0 Å². The van der Waals surface area contributed by atoms with Crippen LogP contribution in [0.5, 0.6) is 0 Å². The van der Waals surface area contributed by atoms with Crippen LogP contribution in [0.3, 0.4) is 0 Å². The first-order valence-corrected chi connectivity index (χ1v) is 8.73. The van der Waals surface area contributed by atoms with Gasteiger partial charge in [-0.2, -0.15) is 0 Å². The molecule has 0 atom stereocenters. The number of aliphatic carboxylic acids is 1. The molecule has 2 heteroatoms. The smallest absolute Gasteiger partial charge is 0.307 e. The normalized spacial score (nSPS) is 13.2. The Hall–Kier alpha value is -1.57. The van der Waals surface area contributed by atoms with E-state index in [4.69, 9.17) is 5.11 Å². The third-order valence-electron chi connectivity index (χ3n) is 3.19. The van der Waals surface area contributed by atoms with Crippen LogP contribution in [0.15, 0.2) is 48.6 Å². The van der Waals surface area contributed by atoms with Gasteiger partial charge in [-0.15, -0.1) is 0 Å². The van der Waals surface area contributed by atoms with E-state index >= 15 is 0 Å². The molecule has 0 aromatic rings. The number of allylic oxidation sites excluding steroid dienone is 7. The van der Waals surface area contributed by atoms with Gasteiger partial charge in [-0.25, -0.2) is 0 Å². The van der Waals surface area contributed by atoms with Crippen molar-refractivity contribution in [2.45, 2.75) is 72.1 Å². The number of carbonyl (C=O) groups is 1. The van der Waals surface area contributed by atoms with Crippen molar-refractivity contribution in [3.05, 3.63) is 48.6 Å². The van der Waals surface area contributed by atoms with Gasteiger partial charge in [0.1, 0.15) is 0 Å². The summed E-state index contributed by atoms with van der Waals surface area (Å²) in [6, 6.07) is 0. The van der Waals surface area contributed by atoms with Crippen LogP contribution >= 0.6 is 0 Å². The van der Waals surface area contributed by atoms with E-state index in [1.165, 1.54) is 0 Å².